The van der Waals surface area contributed by atoms with Crippen molar-refractivity contribution >= 4 is 11.7 Å². The molecule has 2 N–H and O–H groups in total. The number of phenolic OH excluding ortho intramolecular Hbond substituents is 1. The molecule has 0 aromatic heterocycles. The van der Waals surface area contributed by atoms with Crippen molar-refractivity contribution in [3.05, 3.63) is 58.9 Å². The summed E-state index contributed by atoms with van der Waals surface area (Å²) in [7, 11) is 0. The number of aromatic carboxylic acids is 1. The SMILES string of the molecule is N#Cc1ccc(N2CCN(Cc3ccc(C(=O)O)c(F)c3)CC2)c(O)c1. The van der Waals surface area contributed by atoms with Gasteiger partial charge in [-0.05, 0) is 35.9 Å². The van der Waals surface area contributed by atoms with Crippen LogP contribution in [0.15, 0.2) is 36.4 Å². The van der Waals surface area contributed by atoms with Crippen LogP contribution in [0.25, 0.3) is 0 Å². The smallest absolute Gasteiger partial charge is 0.338 e. The second kappa shape index (κ2) is 7.42. The van der Waals surface area contributed by atoms with Crippen molar-refractivity contribution in [1.82, 2.24) is 4.90 Å². The van der Waals surface area contributed by atoms with Crippen LogP contribution in [0, 0.1) is 17.1 Å². The van der Waals surface area contributed by atoms with E-state index in [0.717, 1.165) is 18.7 Å². The van der Waals surface area contributed by atoms with E-state index in [4.69, 9.17) is 10.4 Å². The summed E-state index contributed by atoms with van der Waals surface area (Å²) in [4.78, 5) is 15.1. The van der Waals surface area contributed by atoms with Crippen LogP contribution in [-0.2, 0) is 6.54 Å². The number of carboxylic acid groups (broad SMARTS) is 1. The predicted molar refractivity (Wildman–Crippen MR) is 93.7 cm³/mol. The lowest BCUT2D eigenvalue weighted by Crippen LogP contribution is -2.46. The van der Waals surface area contributed by atoms with Gasteiger partial charge in [0.1, 0.15) is 11.6 Å². The Kier molecular flexibility index (Phi) is 5.05. The number of anilines is 1. The molecule has 0 saturated carbocycles. The average Bonchev–Trinajstić information content (AvgIpc) is 2.62. The molecule has 7 heteroatoms. The summed E-state index contributed by atoms with van der Waals surface area (Å²) < 4.78 is 13.8. The minimum Gasteiger partial charge on any atom is -0.506 e. The van der Waals surface area contributed by atoms with Crippen molar-refractivity contribution in [3.8, 4) is 11.8 Å². The van der Waals surface area contributed by atoms with Gasteiger partial charge in [0, 0.05) is 32.7 Å². The third kappa shape index (κ3) is 3.76. The molecule has 1 saturated heterocycles. The Morgan fingerprint density at radius 3 is 2.46 bits per heavy atom. The van der Waals surface area contributed by atoms with Gasteiger partial charge in [-0.25, -0.2) is 9.18 Å². The molecule has 6 nitrogen and oxygen atoms in total. The van der Waals surface area contributed by atoms with Gasteiger partial charge in [-0.1, -0.05) is 6.07 Å². The lowest BCUT2D eigenvalue weighted by atomic mass is 10.1. The van der Waals surface area contributed by atoms with Crippen molar-refractivity contribution in [2.75, 3.05) is 31.1 Å². The van der Waals surface area contributed by atoms with E-state index in [0.29, 0.717) is 30.9 Å². The molecule has 134 valence electrons. The minimum atomic E-state index is -1.27. The Hall–Kier alpha value is -3.11. The zero-order valence-electron chi connectivity index (χ0n) is 14.0. The number of aromatic hydroxyl groups is 1. The Morgan fingerprint density at radius 1 is 1.15 bits per heavy atom. The molecule has 1 aliphatic heterocycles. The van der Waals surface area contributed by atoms with Crippen LogP contribution < -0.4 is 4.90 Å². The van der Waals surface area contributed by atoms with Gasteiger partial charge in [0.2, 0.25) is 0 Å². The molecule has 0 amide bonds. The molecule has 0 aliphatic carbocycles. The molecule has 0 radical (unpaired) electrons. The minimum absolute atomic E-state index is 0.0869. The molecular formula is C19H18FN3O3. The molecule has 2 aromatic rings. The van der Waals surface area contributed by atoms with Gasteiger partial charge in [-0.3, -0.25) is 4.90 Å². The second-order valence-electron chi connectivity index (χ2n) is 6.20. The third-order valence-corrected chi connectivity index (χ3v) is 4.49. The molecule has 0 spiro atoms. The van der Waals surface area contributed by atoms with Gasteiger partial charge < -0.3 is 15.1 Å². The summed E-state index contributed by atoms with van der Waals surface area (Å²) in [6, 6.07) is 11.0. The summed E-state index contributed by atoms with van der Waals surface area (Å²) >= 11 is 0. The number of nitrogens with zero attached hydrogens (tertiary/aromatic N) is 3. The Bertz CT molecular complexity index is 871. The number of benzene rings is 2. The van der Waals surface area contributed by atoms with Crippen LogP contribution in [0.4, 0.5) is 10.1 Å². The van der Waals surface area contributed by atoms with Crippen molar-refractivity contribution in [3.63, 3.8) is 0 Å². The van der Waals surface area contributed by atoms with E-state index in [9.17, 15) is 14.3 Å². The lowest BCUT2D eigenvalue weighted by Gasteiger charge is -2.36. The zero-order valence-corrected chi connectivity index (χ0v) is 14.0. The Labute approximate surface area is 150 Å². The first-order chi connectivity index (χ1) is 12.5. The van der Waals surface area contributed by atoms with Gasteiger partial charge >= 0.3 is 5.97 Å². The van der Waals surface area contributed by atoms with Gasteiger partial charge in [-0.15, -0.1) is 0 Å². The van der Waals surface area contributed by atoms with E-state index >= 15 is 0 Å². The van der Waals surface area contributed by atoms with E-state index in [1.807, 2.05) is 11.0 Å². The summed E-state index contributed by atoms with van der Waals surface area (Å²) in [5.74, 6) is -1.91. The highest BCUT2D eigenvalue weighted by molar-refractivity contribution is 5.87. The summed E-state index contributed by atoms with van der Waals surface area (Å²) in [5, 5.41) is 27.8. The van der Waals surface area contributed by atoms with Crippen molar-refractivity contribution in [1.29, 1.82) is 5.26 Å². The number of rotatable bonds is 4. The number of carboxylic acids is 1. The second-order valence-corrected chi connectivity index (χ2v) is 6.20. The summed E-state index contributed by atoms with van der Waals surface area (Å²) in [6.07, 6.45) is 0. The number of hydrogen-bond donors (Lipinski definition) is 2. The summed E-state index contributed by atoms with van der Waals surface area (Å²) in [5.41, 5.74) is 1.51. The first-order valence-electron chi connectivity index (χ1n) is 8.20. The highest BCUT2D eigenvalue weighted by Crippen LogP contribution is 2.29. The van der Waals surface area contributed by atoms with Crippen molar-refractivity contribution in [2.24, 2.45) is 0 Å². The first kappa shape index (κ1) is 17.7. The summed E-state index contributed by atoms with van der Waals surface area (Å²) in [6.45, 7) is 3.36. The topological polar surface area (TPSA) is 87.8 Å². The maximum absolute atomic E-state index is 13.8. The monoisotopic (exact) mass is 355 g/mol. The fraction of sp³-hybridized carbons (Fsp3) is 0.263. The zero-order chi connectivity index (χ0) is 18.7. The lowest BCUT2D eigenvalue weighted by molar-refractivity contribution is 0.0692. The molecular weight excluding hydrogens is 337 g/mol. The van der Waals surface area contributed by atoms with Crippen molar-refractivity contribution in [2.45, 2.75) is 6.54 Å². The molecule has 1 aliphatic rings. The Morgan fingerprint density at radius 2 is 1.88 bits per heavy atom. The molecule has 0 bridgehead atoms. The highest BCUT2D eigenvalue weighted by Gasteiger charge is 2.20. The quantitative estimate of drug-likeness (QED) is 0.876. The molecule has 3 rings (SSSR count). The van der Waals surface area contributed by atoms with Crippen LogP contribution >= 0.6 is 0 Å². The molecule has 1 heterocycles. The van der Waals surface area contributed by atoms with Crippen molar-refractivity contribution < 1.29 is 19.4 Å². The highest BCUT2D eigenvalue weighted by atomic mass is 19.1. The van der Waals surface area contributed by atoms with E-state index in [-0.39, 0.29) is 11.3 Å². The maximum Gasteiger partial charge on any atom is 0.338 e. The van der Waals surface area contributed by atoms with Gasteiger partial charge in [0.15, 0.2) is 0 Å². The number of carbonyl (C=O) groups is 1. The largest absolute Gasteiger partial charge is 0.506 e. The number of phenols is 1. The third-order valence-electron chi connectivity index (χ3n) is 4.49. The molecule has 26 heavy (non-hydrogen) atoms. The fourth-order valence-corrected chi connectivity index (χ4v) is 3.10. The number of hydrogen-bond acceptors (Lipinski definition) is 5. The van der Waals surface area contributed by atoms with E-state index in [1.165, 1.54) is 18.2 Å². The maximum atomic E-state index is 13.8. The van der Waals surface area contributed by atoms with Gasteiger partial charge in [0.25, 0.3) is 0 Å². The molecule has 2 aromatic carbocycles. The van der Waals surface area contributed by atoms with Crippen LogP contribution in [0.2, 0.25) is 0 Å². The first-order valence-corrected chi connectivity index (χ1v) is 8.20. The fourth-order valence-electron chi connectivity index (χ4n) is 3.10. The molecule has 1 fully saturated rings. The van der Waals surface area contributed by atoms with Crippen LogP contribution in [0.1, 0.15) is 21.5 Å². The number of nitriles is 1. The normalized spacial score (nSPS) is 14.8. The number of halogens is 1. The molecule has 0 unspecified atom stereocenters. The molecule has 0 atom stereocenters. The Balaban J connectivity index is 1.61. The van der Waals surface area contributed by atoms with Crippen LogP contribution in [-0.4, -0.2) is 47.3 Å². The van der Waals surface area contributed by atoms with Gasteiger partial charge in [-0.2, -0.15) is 5.26 Å². The predicted octanol–water partition coefficient (Wildman–Crippen LogP) is 2.42. The number of piperazine rings is 1. The van der Waals surface area contributed by atoms with E-state index in [2.05, 4.69) is 4.90 Å². The van der Waals surface area contributed by atoms with Crippen LogP contribution in [0.3, 0.4) is 0 Å². The average molecular weight is 355 g/mol. The van der Waals surface area contributed by atoms with E-state index in [1.54, 1.807) is 18.2 Å². The van der Waals surface area contributed by atoms with Gasteiger partial charge in [0.05, 0.1) is 22.9 Å². The van der Waals surface area contributed by atoms with E-state index < -0.39 is 11.8 Å². The standard InChI is InChI=1S/C19H18FN3O3/c20-16-9-14(1-3-15(16)19(25)26)12-22-5-7-23(8-6-22)17-4-2-13(11-21)10-18(17)24/h1-4,9-10,24H,5-8,12H2,(H,25,26). The van der Waals surface area contributed by atoms with Crippen LogP contribution in [0.5, 0.6) is 5.75 Å².